The zero-order chi connectivity index (χ0) is 21.2. The fourth-order valence-corrected chi connectivity index (χ4v) is 5.06. The predicted octanol–water partition coefficient (Wildman–Crippen LogP) is 4.71. The van der Waals surface area contributed by atoms with Crippen LogP contribution in [0.25, 0.3) is 0 Å². The van der Waals surface area contributed by atoms with Crippen molar-refractivity contribution in [3.05, 3.63) is 40.4 Å². The second kappa shape index (κ2) is 8.84. The van der Waals surface area contributed by atoms with Crippen LogP contribution in [0.2, 0.25) is 0 Å². The van der Waals surface area contributed by atoms with Gasteiger partial charge < -0.3 is 5.11 Å². The molecule has 1 aliphatic rings. The molecule has 29 heavy (non-hydrogen) atoms. The third-order valence-corrected chi connectivity index (χ3v) is 7.06. The number of aliphatic hydroxyl groups excluding tert-OH is 1. The Labute approximate surface area is 176 Å². The molecule has 0 aromatic carbocycles. The monoisotopic (exact) mass is 461 g/mol. The molecule has 3 rings (SSSR count). The summed E-state index contributed by atoms with van der Waals surface area (Å²) in [5.41, 5.74) is -1.78. The first-order valence-corrected chi connectivity index (χ1v) is 11.3. The molecule has 1 N–H and O–H groups in total. The summed E-state index contributed by atoms with van der Waals surface area (Å²) >= 11 is 3.75. The summed E-state index contributed by atoms with van der Waals surface area (Å²) in [6.07, 6.45) is -2.16. The Bertz CT molecular complexity index is 989. The summed E-state index contributed by atoms with van der Waals surface area (Å²) in [4.78, 5) is 28.6. The highest BCUT2D eigenvalue weighted by Crippen LogP contribution is 2.34. The first-order chi connectivity index (χ1) is 13.7. The number of halogens is 3. The van der Waals surface area contributed by atoms with Crippen LogP contribution in [0.15, 0.2) is 32.1 Å². The van der Waals surface area contributed by atoms with Gasteiger partial charge in [-0.15, -0.1) is 10.2 Å². The van der Waals surface area contributed by atoms with Gasteiger partial charge >= 0.3 is 6.18 Å². The van der Waals surface area contributed by atoms with Crippen LogP contribution in [0.3, 0.4) is 0 Å². The summed E-state index contributed by atoms with van der Waals surface area (Å²) in [7, 11) is 0. The van der Waals surface area contributed by atoms with Crippen LogP contribution >= 0.6 is 34.9 Å². The minimum Gasteiger partial charge on any atom is -0.511 e. The highest BCUT2D eigenvalue weighted by molar-refractivity contribution is 8.02. The molecule has 2 aromatic heterocycles. The number of rotatable bonds is 6. The van der Waals surface area contributed by atoms with Crippen LogP contribution in [0.1, 0.15) is 41.0 Å². The number of aromatic nitrogens is 3. The molecule has 0 radical (unpaired) electrons. The maximum absolute atomic E-state index is 13.1. The third kappa shape index (κ3) is 4.98. The molecule has 6 nitrogen and oxygen atoms in total. The highest BCUT2D eigenvalue weighted by atomic mass is 32.2. The van der Waals surface area contributed by atoms with E-state index in [1.807, 2.05) is 6.26 Å². The normalized spacial score (nSPS) is 15.1. The average molecular weight is 462 g/mol. The topological polar surface area (TPSA) is 93.0 Å². The SMILES string of the molecule is CSc1nnc(SCc2nc(C(F)(F)F)ccc2C(=O)C2=C(O)CCCC2=O)s1. The lowest BCUT2D eigenvalue weighted by atomic mass is 9.90. The summed E-state index contributed by atoms with van der Waals surface area (Å²) in [5.74, 6) is -1.74. The number of pyridine rings is 1. The van der Waals surface area contributed by atoms with E-state index in [-0.39, 0.29) is 41.2 Å². The first-order valence-electron chi connectivity index (χ1n) is 8.28. The van der Waals surface area contributed by atoms with Crippen molar-refractivity contribution in [2.45, 2.75) is 39.9 Å². The number of ketones is 2. The number of hydrogen-bond donors (Lipinski definition) is 1. The van der Waals surface area contributed by atoms with Crippen molar-refractivity contribution >= 4 is 46.4 Å². The number of nitrogens with zero attached hydrogens (tertiary/aromatic N) is 3. The van der Waals surface area contributed by atoms with E-state index in [1.54, 1.807) is 0 Å². The minimum absolute atomic E-state index is 0.0732. The Morgan fingerprint density at radius 2 is 1.97 bits per heavy atom. The Kier molecular flexibility index (Phi) is 6.64. The average Bonchev–Trinajstić information content (AvgIpc) is 3.13. The van der Waals surface area contributed by atoms with Gasteiger partial charge in [-0.2, -0.15) is 13.2 Å². The van der Waals surface area contributed by atoms with E-state index < -0.39 is 23.4 Å². The maximum atomic E-state index is 13.1. The van der Waals surface area contributed by atoms with Gasteiger partial charge in [-0.05, 0) is 24.8 Å². The molecule has 1 aliphatic carbocycles. The Morgan fingerprint density at radius 3 is 2.59 bits per heavy atom. The van der Waals surface area contributed by atoms with E-state index in [1.165, 1.54) is 23.1 Å². The molecule has 0 spiro atoms. The van der Waals surface area contributed by atoms with Crippen LogP contribution in [0, 0.1) is 0 Å². The molecule has 0 fully saturated rings. The fourth-order valence-electron chi connectivity index (χ4n) is 2.66. The van der Waals surface area contributed by atoms with Crippen LogP contribution in [0.4, 0.5) is 13.2 Å². The fraction of sp³-hybridized carbons (Fsp3) is 0.353. The number of thioether (sulfide) groups is 2. The summed E-state index contributed by atoms with van der Waals surface area (Å²) < 4.78 is 40.5. The Morgan fingerprint density at radius 1 is 1.24 bits per heavy atom. The van der Waals surface area contributed by atoms with Crippen LogP contribution < -0.4 is 0 Å². The Balaban J connectivity index is 1.97. The molecule has 2 heterocycles. The van der Waals surface area contributed by atoms with Crippen LogP contribution in [-0.4, -0.2) is 38.1 Å². The van der Waals surface area contributed by atoms with Gasteiger partial charge in [0.15, 0.2) is 14.5 Å². The highest BCUT2D eigenvalue weighted by Gasteiger charge is 2.35. The third-order valence-electron chi connectivity index (χ3n) is 4.02. The zero-order valence-corrected chi connectivity index (χ0v) is 17.4. The number of aliphatic hydroxyl groups is 1. The van der Waals surface area contributed by atoms with Crippen molar-refractivity contribution in [2.75, 3.05) is 6.26 Å². The van der Waals surface area contributed by atoms with Gasteiger partial charge in [0, 0.05) is 24.2 Å². The maximum Gasteiger partial charge on any atom is 0.433 e. The van der Waals surface area contributed by atoms with Crippen LogP contribution in [-0.2, 0) is 16.7 Å². The van der Waals surface area contributed by atoms with Crippen molar-refractivity contribution in [3.63, 3.8) is 0 Å². The van der Waals surface area contributed by atoms with Crippen molar-refractivity contribution in [1.29, 1.82) is 0 Å². The van der Waals surface area contributed by atoms with Crippen molar-refractivity contribution in [2.24, 2.45) is 0 Å². The smallest absolute Gasteiger partial charge is 0.433 e. The van der Waals surface area contributed by atoms with Crippen molar-refractivity contribution < 1.29 is 27.9 Å². The molecule has 0 bridgehead atoms. The number of alkyl halides is 3. The molecule has 0 saturated carbocycles. The molecule has 2 aromatic rings. The standard InChI is InChI=1S/C17H14F3N3O3S3/c1-27-15-22-23-16(29-15)28-7-9-8(5-6-12(21-9)17(18,19)20)14(26)13-10(24)3-2-4-11(13)25/h5-6,24H,2-4,7H2,1H3. The first kappa shape index (κ1) is 21.8. The number of allylic oxidation sites excluding steroid dienone is 2. The number of carbonyl (C=O) groups excluding carboxylic acids is 2. The van der Waals surface area contributed by atoms with E-state index in [4.69, 9.17) is 0 Å². The van der Waals surface area contributed by atoms with Gasteiger partial charge in [0.25, 0.3) is 0 Å². The lowest BCUT2D eigenvalue weighted by Gasteiger charge is -2.16. The molecule has 0 saturated heterocycles. The van der Waals surface area contributed by atoms with E-state index in [0.29, 0.717) is 21.2 Å². The molecule has 12 heteroatoms. The lowest BCUT2D eigenvalue weighted by molar-refractivity contribution is -0.141. The largest absolute Gasteiger partial charge is 0.511 e. The minimum atomic E-state index is -4.68. The van der Waals surface area contributed by atoms with E-state index in [0.717, 1.165) is 17.8 Å². The van der Waals surface area contributed by atoms with Gasteiger partial charge in [-0.1, -0.05) is 34.9 Å². The van der Waals surface area contributed by atoms with E-state index in [9.17, 15) is 27.9 Å². The van der Waals surface area contributed by atoms with Gasteiger partial charge in [-0.3, -0.25) is 9.59 Å². The second-order valence-corrected chi connectivity index (χ2v) is 9.20. The Hall–Kier alpha value is -1.92. The number of carbonyl (C=O) groups is 2. The van der Waals surface area contributed by atoms with Gasteiger partial charge in [0.05, 0.1) is 5.69 Å². The number of Topliss-reactive ketones (excluding diaryl/α,β-unsaturated/α-hetero) is 2. The molecule has 0 aliphatic heterocycles. The molecular weight excluding hydrogens is 447 g/mol. The summed E-state index contributed by atoms with van der Waals surface area (Å²) in [6.45, 7) is 0. The lowest BCUT2D eigenvalue weighted by Crippen LogP contribution is -2.21. The van der Waals surface area contributed by atoms with Gasteiger partial charge in [0.2, 0.25) is 5.78 Å². The van der Waals surface area contributed by atoms with Gasteiger partial charge in [-0.25, -0.2) is 4.98 Å². The molecule has 0 unspecified atom stereocenters. The van der Waals surface area contributed by atoms with Gasteiger partial charge in [0.1, 0.15) is 17.0 Å². The quantitative estimate of drug-likeness (QED) is 0.375. The molecular formula is C17H14F3N3O3S3. The number of hydrogen-bond acceptors (Lipinski definition) is 9. The van der Waals surface area contributed by atoms with Crippen molar-refractivity contribution in [1.82, 2.24) is 15.2 Å². The zero-order valence-electron chi connectivity index (χ0n) is 14.9. The molecule has 0 amide bonds. The van der Waals surface area contributed by atoms with Crippen molar-refractivity contribution in [3.8, 4) is 0 Å². The van der Waals surface area contributed by atoms with E-state index >= 15 is 0 Å². The van der Waals surface area contributed by atoms with Crippen LogP contribution in [0.5, 0.6) is 0 Å². The summed E-state index contributed by atoms with van der Waals surface area (Å²) in [6, 6.07) is 1.70. The second-order valence-electron chi connectivity index (χ2n) is 5.94. The summed E-state index contributed by atoms with van der Waals surface area (Å²) in [5, 5.41) is 17.8. The van der Waals surface area contributed by atoms with E-state index in [2.05, 4.69) is 15.2 Å². The predicted molar refractivity (Wildman–Crippen MR) is 103 cm³/mol. The molecule has 154 valence electrons. The molecule has 0 atom stereocenters.